The SMILES string of the molecule is N#Cc1cccc(OC2CCN(C(=O)O)CC2)n1. The molecule has 0 aromatic carbocycles. The smallest absolute Gasteiger partial charge is 0.407 e. The van der Waals surface area contributed by atoms with Gasteiger partial charge in [-0.2, -0.15) is 5.26 Å². The van der Waals surface area contributed by atoms with Crippen molar-refractivity contribution in [3.8, 4) is 11.9 Å². The Labute approximate surface area is 104 Å². The van der Waals surface area contributed by atoms with Crippen LogP contribution in [0.4, 0.5) is 4.79 Å². The van der Waals surface area contributed by atoms with Gasteiger partial charge in [0.15, 0.2) is 0 Å². The van der Waals surface area contributed by atoms with Gasteiger partial charge in [0, 0.05) is 32.0 Å². The molecule has 0 unspecified atom stereocenters. The van der Waals surface area contributed by atoms with E-state index in [1.54, 1.807) is 18.2 Å². The van der Waals surface area contributed by atoms with E-state index in [4.69, 9.17) is 15.1 Å². The Morgan fingerprint density at radius 1 is 1.50 bits per heavy atom. The molecule has 1 aliphatic heterocycles. The number of ether oxygens (including phenoxy) is 1. The Kier molecular flexibility index (Phi) is 3.63. The molecule has 6 heteroatoms. The lowest BCUT2D eigenvalue weighted by Gasteiger charge is -2.29. The largest absolute Gasteiger partial charge is 0.474 e. The van der Waals surface area contributed by atoms with Crippen molar-refractivity contribution in [2.24, 2.45) is 0 Å². The van der Waals surface area contributed by atoms with E-state index in [1.807, 2.05) is 6.07 Å². The number of hydrogen-bond donors (Lipinski definition) is 1. The number of nitriles is 1. The Balaban J connectivity index is 1.91. The van der Waals surface area contributed by atoms with Gasteiger partial charge in [-0.15, -0.1) is 0 Å². The van der Waals surface area contributed by atoms with E-state index >= 15 is 0 Å². The summed E-state index contributed by atoms with van der Waals surface area (Å²) in [6.45, 7) is 0.940. The molecule has 1 amide bonds. The maximum Gasteiger partial charge on any atom is 0.407 e. The number of amides is 1. The Morgan fingerprint density at radius 2 is 2.22 bits per heavy atom. The lowest BCUT2D eigenvalue weighted by molar-refractivity contribution is 0.0871. The number of carboxylic acid groups (broad SMARTS) is 1. The van der Waals surface area contributed by atoms with Crippen molar-refractivity contribution < 1.29 is 14.6 Å². The highest BCUT2D eigenvalue weighted by atomic mass is 16.5. The van der Waals surface area contributed by atoms with Gasteiger partial charge in [0.2, 0.25) is 5.88 Å². The van der Waals surface area contributed by atoms with Crippen LogP contribution in [-0.4, -0.2) is 40.3 Å². The van der Waals surface area contributed by atoms with Crippen LogP contribution in [0, 0.1) is 11.3 Å². The molecule has 1 aliphatic rings. The zero-order chi connectivity index (χ0) is 13.0. The first-order valence-corrected chi connectivity index (χ1v) is 5.70. The lowest BCUT2D eigenvalue weighted by Crippen LogP contribution is -2.41. The molecule has 0 radical (unpaired) electrons. The van der Waals surface area contributed by atoms with Gasteiger partial charge in [-0.05, 0) is 6.07 Å². The van der Waals surface area contributed by atoms with E-state index in [1.165, 1.54) is 4.90 Å². The van der Waals surface area contributed by atoms with Gasteiger partial charge in [-0.3, -0.25) is 0 Å². The molecule has 1 aromatic rings. The minimum Gasteiger partial charge on any atom is -0.474 e. The number of nitrogens with zero attached hydrogens (tertiary/aromatic N) is 3. The monoisotopic (exact) mass is 247 g/mol. The van der Waals surface area contributed by atoms with Crippen LogP contribution in [0.2, 0.25) is 0 Å². The van der Waals surface area contributed by atoms with E-state index in [2.05, 4.69) is 4.98 Å². The quantitative estimate of drug-likeness (QED) is 0.855. The normalized spacial score (nSPS) is 16.1. The summed E-state index contributed by atoms with van der Waals surface area (Å²) in [6.07, 6.45) is 0.357. The van der Waals surface area contributed by atoms with Crippen molar-refractivity contribution in [1.82, 2.24) is 9.88 Å². The number of likely N-dealkylation sites (tertiary alicyclic amines) is 1. The number of aromatic nitrogens is 1. The van der Waals surface area contributed by atoms with Crippen LogP contribution in [0.5, 0.6) is 5.88 Å². The van der Waals surface area contributed by atoms with Gasteiger partial charge in [0.25, 0.3) is 0 Å². The number of hydrogen-bond acceptors (Lipinski definition) is 4. The van der Waals surface area contributed by atoms with Crippen molar-refractivity contribution in [2.45, 2.75) is 18.9 Å². The van der Waals surface area contributed by atoms with Gasteiger partial charge in [-0.1, -0.05) is 6.07 Å². The molecule has 2 rings (SSSR count). The van der Waals surface area contributed by atoms with Crippen LogP contribution in [0.3, 0.4) is 0 Å². The summed E-state index contributed by atoms with van der Waals surface area (Å²) < 4.78 is 5.64. The molecule has 1 fully saturated rings. The summed E-state index contributed by atoms with van der Waals surface area (Å²) in [5, 5.41) is 17.5. The first kappa shape index (κ1) is 12.2. The fraction of sp³-hybridized carbons (Fsp3) is 0.417. The van der Waals surface area contributed by atoms with Crippen molar-refractivity contribution in [2.75, 3.05) is 13.1 Å². The average Bonchev–Trinajstić information content (AvgIpc) is 2.39. The van der Waals surface area contributed by atoms with Gasteiger partial charge < -0.3 is 14.7 Å². The van der Waals surface area contributed by atoms with Crippen LogP contribution in [0.1, 0.15) is 18.5 Å². The highest BCUT2D eigenvalue weighted by molar-refractivity contribution is 5.65. The molecule has 1 aromatic heterocycles. The average molecular weight is 247 g/mol. The molecule has 0 atom stereocenters. The van der Waals surface area contributed by atoms with Crippen molar-refractivity contribution in [3.05, 3.63) is 23.9 Å². The molecule has 0 aliphatic carbocycles. The Morgan fingerprint density at radius 3 is 2.83 bits per heavy atom. The molecule has 1 N–H and O–H groups in total. The predicted molar refractivity (Wildman–Crippen MR) is 62.2 cm³/mol. The first-order chi connectivity index (χ1) is 8.69. The van der Waals surface area contributed by atoms with Gasteiger partial charge >= 0.3 is 6.09 Å². The second-order valence-corrected chi connectivity index (χ2v) is 4.06. The zero-order valence-electron chi connectivity index (χ0n) is 9.74. The summed E-state index contributed by atoms with van der Waals surface area (Å²) >= 11 is 0. The van der Waals surface area contributed by atoms with Crippen molar-refractivity contribution >= 4 is 6.09 Å². The van der Waals surface area contributed by atoms with Crippen molar-refractivity contribution in [1.29, 1.82) is 5.26 Å². The Bertz CT molecular complexity index is 476. The third-order valence-corrected chi connectivity index (χ3v) is 2.84. The number of carbonyl (C=O) groups is 1. The summed E-state index contributed by atoms with van der Waals surface area (Å²) in [6, 6.07) is 6.97. The summed E-state index contributed by atoms with van der Waals surface area (Å²) in [4.78, 5) is 16.1. The molecule has 6 nitrogen and oxygen atoms in total. The van der Waals surface area contributed by atoms with E-state index in [0.717, 1.165) is 0 Å². The van der Waals surface area contributed by atoms with Crippen molar-refractivity contribution in [3.63, 3.8) is 0 Å². The summed E-state index contributed by atoms with van der Waals surface area (Å²) in [5.41, 5.74) is 0.315. The van der Waals surface area contributed by atoms with Gasteiger partial charge in [0.05, 0.1) is 0 Å². The number of piperidine rings is 1. The molecule has 94 valence electrons. The standard InChI is InChI=1S/C12H13N3O3/c13-8-9-2-1-3-11(14-9)18-10-4-6-15(7-5-10)12(16)17/h1-3,10H,4-7H2,(H,16,17). The molecule has 0 spiro atoms. The molecule has 2 heterocycles. The van der Waals surface area contributed by atoms with Crippen LogP contribution < -0.4 is 4.74 Å². The van der Waals surface area contributed by atoms with Gasteiger partial charge in [0.1, 0.15) is 17.9 Å². The zero-order valence-corrected chi connectivity index (χ0v) is 9.74. The number of rotatable bonds is 2. The minimum atomic E-state index is -0.891. The first-order valence-electron chi connectivity index (χ1n) is 5.70. The van der Waals surface area contributed by atoms with E-state index < -0.39 is 6.09 Å². The third-order valence-electron chi connectivity index (χ3n) is 2.84. The minimum absolute atomic E-state index is 0.0398. The molecule has 18 heavy (non-hydrogen) atoms. The number of pyridine rings is 1. The third kappa shape index (κ3) is 2.88. The maximum absolute atomic E-state index is 10.7. The topological polar surface area (TPSA) is 86.5 Å². The van der Waals surface area contributed by atoms with E-state index in [-0.39, 0.29) is 6.10 Å². The molecular formula is C12H13N3O3. The van der Waals surface area contributed by atoms with Crippen LogP contribution in [0.25, 0.3) is 0 Å². The lowest BCUT2D eigenvalue weighted by atomic mass is 10.1. The highest BCUT2D eigenvalue weighted by Gasteiger charge is 2.23. The Hall–Kier alpha value is -2.29. The molecule has 0 bridgehead atoms. The molecule has 0 saturated carbocycles. The van der Waals surface area contributed by atoms with Crippen LogP contribution in [0.15, 0.2) is 18.2 Å². The second kappa shape index (κ2) is 5.36. The fourth-order valence-electron chi connectivity index (χ4n) is 1.88. The fourth-order valence-corrected chi connectivity index (χ4v) is 1.88. The molecular weight excluding hydrogens is 234 g/mol. The summed E-state index contributed by atoms with van der Waals surface area (Å²) in [5.74, 6) is 0.419. The second-order valence-electron chi connectivity index (χ2n) is 4.06. The van der Waals surface area contributed by atoms with E-state index in [0.29, 0.717) is 37.5 Å². The highest BCUT2D eigenvalue weighted by Crippen LogP contribution is 2.17. The molecule has 1 saturated heterocycles. The van der Waals surface area contributed by atoms with Crippen LogP contribution >= 0.6 is 0 Å². The van der Waals surface area contributed by atoms with Crippen LogP contribution in [-0.2, 0) is 0 Å². The predicted octanol–water partition coefficient (Wildman–Crippen LogP) is 1.47. The summed E-state index contributed by atoms with van der Waals surface area (Å²) in [7, 11) is 0. The van der Waals surface area contributed by atoms with E-state index in [9.17, 15) is 4.79 Å². The maximum atomic E-state index is 10.7. The van der Waals surface area contributed by atoms with Gasteiger partial charge in [-0.25, -0.2) is 9.78 Å².